The SMILES string of the molecule is O=C(CC1CCCCC1)N1CCC2(CC1)CC(Oc1ncccn1)CCO2. The number of hydrogen-bond acceptors (Lipinski definition) is 5. The molecule has 1 atom stereocenters. The zero-order chi connectivity index (χ0) is 18.5. The first-order valence-corrected chi connectivity index (χ1v) is 10.6. The molecule has 148 valence electrons. The number of carbonyl (C=O) groups is 1. The van der Waals surface area contributed by atoms with Crippen molar-refractivity contribution in [2.24, 2.45) is 5.92 Å². The Hall–Kier alpha value is -1.69. The quantitative estimate of drug-likeness (QED) is 0.810. The summed E-state index contributed by atoms with van der Waals surface area (Å²) in [6.07, 6.45) is 14.1. The summed E-state index contributed by atoms with van der Waals surface area (Å²) in [6.45, 7) is 2.31. The Kier molecular flexibility index (Phi) is 5.91. The van der Waals surface area contributed by atoms with Gasteiger partial charge in [0.2, 0.25) is 5.91 Å². The molecule has 3 aliphatic rings. The smallest absolute Gasteiger partial charge is 0.316 e. The fourth-order valence-electron chi connectivity index (χ4n) is 4.86. The molecule has 4 rings (SSSR count). The van der Waals surface area contributed by atoms with Crippen molar-refractivity contribution in [2.75, 3.05) is 19.7 Å². The van der Waals surface area contributed by atoms with Gasteiger partial charge < -0.3 is 14.4 Å². The molecule has 1 unspecified atom stereocenters. The standard InChI is InChI=1S/C21H31N3O3/c25-19(15-17-5-2-1-3-6-17)24-12-8-21(9-13-24)16-18(7-14-26-21)27-20-22-10-4-11-23-20/h4,10-11,17-18H,1-3,5-9,12-16H2. The fourth-order valence-corrected chi connectivity index (χ4v) is 4.86. The van der Waals surface area contributed by atoms with E-state index in [2.05, 4.69) is 14.9 Å². The zero-order valence-electron chi connectivity index (χ0n) is 16.1. The van der Waals surface area contributed by atoms with Crippen molar-refractivity contribution in [2.45, 2.75) is 75.9 Å². The van der Waals surface area contributed by atoms with Crippen LogP contribution in [0.25, 0.3) is 0 Å². The van der Waals surface area contributed by atoms with E-state index < -0.39 is 0 Å². The van der Waals surface area contributed by atoms with Crippen LogP contribution >= 0.6 is 0 Å². The van der Waals surface area contributed by atoms with Crippen molar-refractivity contribution >= 4 is 5.91 Å². The first-order valence-electron chi connectivity index (χ1n) is 10.6. The summed E-state index contributed by atoms with van der Waals surface area (Å²) < 4.78 is 12.2. The van der Waals surface area contributed by atoms with Crippen LogP contribution in [0.1, 0.15) is 64.2 Å². The molecule has 0 radical (unpaired) electrons. The lowest BCUT2D eigenvalue weighted by atomic mass is 9.82. The van der Waals surface area contributed by atoms with E-state index in [0.717, 1.165) is 45.2 Å². The number of carbonyl (C=O) groups excluding carboxylic acids is 1. The average molecular weight is 373 g/mol. The Bertz CT molecular complexity index is 610. The van der Waals surface area contributed by atoms with Gasteiger partial charge in [-0.3, -0.25) is 4.79 Å². The summed E-state index contributed by atoms with van der Waals surface area (Å²) in [5.41, 5.74) is -0.153. The molecule has 1 amide bonds. The first kappa shape index (κ1) is 18.7. The van der Waals surface area contributed by atoms with Crippen molar-refractivity contribution in [3.05, 3.63) is 18.5 Å². The van der Waals surface area contributed by atoms with Crippen molar-refractivity contribution in [3.8, 4) is 6.01 Å². The van der Waals surface area contributed by atoms with Gasteiger partial charge in [0.15, 0.2) is 0 Å². The van der Waals surface area contributed by atoms with Crippen LogP contribution in [0.2, 0.25) is 0 Å². The fraction of sp³-hybridized carbons (Fsp3) is 0.762. The van der Waals surface area contributed by atoms with Crippen molar-refractivity contribution in [3.63, 3.8) is 0 Å². The van der Waals surface area contributed by atoms with Crippen LogP contribution in [0.15, 0.2) is 18.5 Å². The van der Waals surface area contributed by atoms with Crippen molar-refractivity contribution < 1.29 is 14.3 Å². The lowest BCUT2D eigenvalue weighted by molar-refractivity contribution is -0.152. The Labute approximate surface area is 161 Å². The van der Waals surface area contributed by atoms with E-state index in [1.807, 2.05) is 0 Å². The normalized spacial score (nSPS) is 26.1. The highest BCUT2D eigenvalue weighted by atomic mass is 16.5. The third kappa shape index (κ3) is 4.78. The van der Waals surface area contributed by atoms with Gasteiger partial charge in [0.1, 0.15) is 6.10 Å². The second kappa shape index (κ2) is 8.55. The van der Waals surface area contributed by atoms with Gasteiger partial charge in [0.25, 0.3) is 0 Å². The van der Waals surface area contributed by atoms with Gasteiger partial charge in [-0.15, -0.1) is 0 Å². The first-order chi connectivity index (χ1) is 13.2. The number of likely N-dealkylation sites (tertiary alicyclic amines) is 1. The molecule has 1 aromatic rings. The maximum absolute atomic E-state index is 12.7. The summed E-state index contributed by atoms with van der Waals surface area (Å²) in [5, 5.41) is 0. The molecule has 3 fully saturated rings. The summed E-state index contributed by atoms with van der Waals surface area (Å²) >= 11 is 0. The summed E-state index contributed by atoms with van der Waals surface area (Å²) in [5.74, 6) is 0.953. The van der Waals surface area contributed by atoms with Crippen molar-refractivity contribution in [1.82, 2.24) is 14.9 Å². The zero-order valence-corrected chi connectivity index (χ0v) is 16.1. The van der Waals surface area contributed by atoms with Gasteiger partial charge in [-0.25, -0.2) is 9.97 Å². The molecule has 3 heterocycles. The molecular formula is C21H31N3O3. The number of hydrogen-bond donors (Lipinski definition) is 0. The second-order valence-corrected chi connectivity index (χ2v) is 8.38. The molecule has 2 aliphatic heterocycles. The molecule has 0 N–H and O–H groups in total. The van der Waals surface area contributed by atoms with E-state index >= 15 is 0 Å². The van der Waals surface area contributed by atoms with Crippen LogP contribution in [0.5, 0.6) is 6.01 Å². The lowest BCUT2D eigenvalue weighted by Crippen LogP contribution is -2.52. The Morgan fingerprint density at radius 3 is 2.63 bits per heavy atom. The molecule has 1 spiro atoms. The van der Waals surface area contributed by atoms with Gasteiger partial charge in [0.05, 0.1) is 12.2 Å². The number of rotatable bonds is 4. The number of aromatic nitrogens is 2. The molecule has 0 aromatic carbocycles. The monoisotopic (exact) mass is 373 g/mol. The molecule has 0 bridgehead atoms. The van der Waals surface area contributed by atoms with Crippen LogP contribution in [-0.4, -0.2) is 52.2 Å². The van der Waals surface area contributed by atoms with Crippen LogP contribution in [0, 0.1) is 5.92 Å². The summed E-state index contributed by atoms with van der Waals surface area (Å²) in [7, 11) is 0. The third-order valence-electron chi connectivity index (χ3n) is 6.48. The highest BCUT2D eigenvalue weighted by Crippen LogP contribution is 2.36. The highest BCUT2D eigenvalue weighted by molar-refractivity contribution is 5.76. The van der Waals surface area contributed by atoms with E-state index in [1.165, 1.54) is 32.1 Å². The van der Waals surface area contributed by atoms with Crippen LogP contribution in [-0.2, 0) is 9.53 Å². The third-order valence-corrected chi connectivity index (χ3v) is 6.48. The molecular weight excluding hydrogens is 342 g/mol. The molecule has 6 nitrogen and oxygen atoms in total. The largest absolute Gasteiger partial charge is 0.460 e. The highest BCUT2D eigenvalue weighted by Gasteiger charge is 2.42. The molecule has 1 saturated carbocycles. The minimum Gasteiger partial charge on any atom is -0.460 e. The van der Waals surface area contributed by atoms with Crippen LogP contribution < -0.4 is 4.74 Å². The van der Waals surface area contributed by atoms with E-state index in [9.17, 15) is 4.79 Å². The minimum atomic E-state index is -0.153. The van der Waals surface area contributed by atoms with Gasteiger partial charge in [0, 0.05) is 44.7 Å². The second-order valence-electron chi connectivity index (χ2n) is 8.38. The van der Waals surface area contributed by atoms with Crippen LogP contribution in [0.4, 0.5) is 0 Å². The maximum atomic E-state index is 12.7. The van der Waals surface area contributed by atoms with Gasteiger partial charge in [-0.2, -0.15) is 0 Å². The topological polar surface area (TPSA) is 64.6 Å². The van der Waals surface area contributed by atoms with Gasteiger partial charge in [-0.1, -0.05) is 19.3 Å². The molecule has 27 heavy (non-hydrogen) atoms. The number of nitrogens with zero attached hydrogens (tertiary/aromatic N) is 3. The Morgan fingerprint density at radius 1 is 1.15 bits per heavy atom. The maximum Gasteiger partial charge on any atom is 0.316 e. The molecule has 2 saturated heterocycles. The van der Waals surface area contributed by atoms with E-state index in [-0.39, 0.29) is 11.7 Å². The summed E-state index contributed by atoms with van der Waals surface area (Å²) in [6, 6.07) is 2.23. The summed E-state index contributed by atoms with van der Waals surface area (Å²) in [4.78, 5) is 23.1. The van der Waals surface area contributed by atoms with Gasteiger partial charge >= 0.3 is 6.01 Å². The average Bonchev–Trinajstić information content (AvgIpc) is 2.70. The number of piperidine rings is 1. The molecule has 1 aliphatic carbocycles. The van der Waals surface area contributed by atoms with E-state index in [4.69, 9.17) is 9.47 Å². The Balaban J connectivity index is 1.27. The minimum absolute atomic E-state index is 0.0886. The van der Waals surface area contributed by atoms with Crippen molar-refractivity contribution in [1.29, 1.82) is 0 Å². The lowest BCUT2D eigenvalue weighted by Gasteiger charge is -2.46. The molecule has 6 heteroatoms. The predicted octanol–water partition coefficient (Wildman–Crippen LogP) is 3.37. The number of amides is 1. The molecule has 1 aromatic heterocycles. The predicted molar refractivity (Wildman–Crippen MR) is 101 cm³/mol. The Morgan fingerprint density at radius 2 is 1.89 bits per heavy atom. The van der Waals surface area contributed by atoms with Gasteiger partial charge in [-0.05, 0) is 37.7 Å². The van der Waals surface area contributed by atoms with Crippen LogP contribution in [0.3, 0.4) is 0 Å². The number of ether oxygens (including phenoxy) is 2. The van der Waals surface area contributed by atoms with E-state index in [1.54, 1.807) is 18.5 Å². The van der Waals surface area contributed by atoms with E-state index in [0.29, 0.717) is 24.4 Å².